The van der Waals surface area contributed by atoms with Crippen LogP contribution in [0, 0.1) is 0 Å². The molecular formula is C23H35IN8. The van der Waals surface area contributed by atoms with Crippen LogP contribution >= 0.6 is 24.0 Å². The minimum atomic E-state index is 0. The number of nitrogens with one attached hydrogen (secondary N) is 2. The molecule has 9 heteroatoms. The van der Waals surface area contributed by atoms with Crippen LogP contribution in [0.25, 0.3) is 0 Å². The first-order valence-electron chi connectivity index (χ1n) is 11.3. The molecule has 1 unspecified atom stereocenters. The summed E-state index contributed by atoms with van der Waals surface area (Å²) in [7, 11) is 1.85. The van der Waals surface area contributed by atoms with Gasteiger partial charge in [0, 0.05) is 77.0 Å². The number of hydrogen-bond acceptors (Lipinski definition) is 6. The third-order valence-corrected chi connectivity index (χ3v) is 6.02. The zero-order valence-electron chi connectivity index (χ0n) is 18.9. The van der Waals surface area contributed by atoms with Gasteiger partial charge in [0.1, 0.15) is 0 Å². The number of para-hydroxylation sites is 1. The maximum Gasteiger partial charge on any atom is 0.225 e. The predicted molar refractivity (Wildman–Crippen MR) is 142 cm³/mol. The molecule has 0 bridgehead atoms. The number of guanidine groups is 1. The zero-order valence-corrected chi connectivity index (χ0v) is 21.2. The van der Waals surface area contributed by atoms with Crippen molar-refractivity contribution < 1.29 is 0 Å². The first-order valence-corrected chi connectivity index (χ1v) is 11.3. The van der Waals surface area contributed by atoms with Gasteiger partial charge in [-0.3, -0.25) is 9.89 Å². The molecule has 1 aromatic heterocycles. The molecule has 0 amide bonds. The molecule has 2 fully saturated rings. The normalized spacial score (nSPS) is 19.5. The number of hydrogen-bond donors (Lipinski definition) is 2. The van der Waals surface area contributed by atoms with Crippen LogP contribution in [0.1, 0.15) is 12.8 Å². The molecule has 2 aliphatic heterocycles. The van der Waals surface area contributed by atoms with Crippen molar-refractivity contribution in [2.75, 3.05) is 69.2 Å². The lowest BCUT2D eigenvalue weighted by molar-refractivity contribution is 0.254. The molecule has 0 aliphatic carbocycles. The van der Waals surface area contributed by atoms with E-state index in [1.165, 1.54) is 5.69 Å². The first kappa shape index (κ1) is 24.5. The number of piperazine rings is 1. The summed E-state index contributed by atoms with van der Waals surface area (Å²) in [5, 5.41) is 7.08. The van der Waals surface area contributed by atoms with E-state index in [-0.39, 0.29) is 24.0 Å². The van der Waals surface area contributed by atoms with Gasteiger partial charge in [0.05, 0.1) is 0 Å². The van der Waals surface area contributed by atoms with Crippen LogP contribution in [0.5, 0.6) is 0 Å². The highest BCUT2D eigenvalue weighted by Crippen LogP contribution is 2.19. The molecule has 174 valence electrons. The summed E-state index contributed by atoms with van der Waals surface area (Å²) in [5.41, 5.74) is 1.30. The Bertz CT molecular complexity index is 811. The fraction of sp³-hybridized carbons (Fsp3) is 0.522. The number of anilines is 2. The maximum atomic E-state index is 4.42. The van der Waals surface area contributed by atoms with Gasteiger partial charge in [-0.05, 0) is 37.6 Å². The SMILES string of the molecule is CN=C(NCCCN1CCN(c2ncccn2)CC1)NC1CCN(c2ccccc2)C1.I. The van der Waals surface area contributed by atoms with Crippen LogP contribution < -0.4 is 20.4 Å². The Morgan fingerprint density at radius 1 is 1.00 bits per heavy atom. The van der Waals surface area contributed by atoms with Crippen molar-refractivity contribution in [1.29, 1.82) is 0 Å². The van der Waals surface area contributed by atoms with Crippen molar-refractivity contribution in [2.45, 2.75) is 18.9 Å². The average molecular weight is 550 g/mol. The summed E-state index contributed by atoms with van der Waals surface area (Å²) in [6.07, 6.45) is 5.85. The van der Waals surface area contributed by atoms with Crippen LogP contribution in [0.2, 0.25) is 0 Å². The Morgan fingerprint density at radius 2 is 1.75 bits per heavy atom. The third kappa shape index (κ3) is 6.93. The fourth-order valence-electron chi connectivity index (χ4n) is 4.27. The Hall–Kier alpha value is -2.14. The minimum Gasteiger partial charge on any atom is -0.369 e. The second-order valence-electron chi connectivity index (χ2n) is 8.14. The summed E-state index contributed by atoms with van der Waals surface area (Å²) < 4.78 is 0. The summed E-state index contributed by atoms with van der Waals surface area (Å²) in [4.78, 5) is 20.4. The van der Waals surface area contributed by atoms with Crippen LogP contribution in [-0.4, -0.2) is 86.3 Å². The quantitative estimate of drug-likeness (QED) is 0.237. The highest BCUT2D eigenvalue weighted by molar-refractivity contribution is 14.0. The van der Waals surface area contributed by atoms with Gasteiger partial charge in [0.2, 0.25) is 5.95 Å². The van der Waals surface area contributed by atoms with Crippen molar-refractivity contribution in [1.82, 2.24) is 25.5 Å². The predicted octanol–water partition coefficient (Wildman–Crippen LogP) is 2.05. The van der Waals surface area contributed by atoms with E-state index in [0.717, 1.165) is 77.1 Å². The van der Waals surface area contributed by atoms with E-state index in [9.17, 15) is 0 Å². The molecule has 3 heterocycles. The van der Waals surface area contributed by atoms with Gasteiger partial charge in [-0.15, -0.1) is 24.0 Å². The Morgan fingerprint density at radius 3 is 2.47 bits per heavy atom. The van der Waals surface area contributed by atoms with Crippen molar-refractivity contribution >= 4 is 41.6 Å². The Labute approximate surface area is 208 Å². The lowest BCUT2D eigenvalue weighted by atomic mass is 10.2. The lowest BCUT2D eigenvalue weighted by Gasteiger charge is -2.34. The first-order chi connectivity index (χ1) is 15.3. The molecule has 4 rings (SSSR count). The maximum absolute atomic E-state index is 4.42. The monoisotopic (exact) mass is 550 g/mol. The van der Waals surface area contributed by atoms with E-state index in [4.69, 9.17) is 0 Å². The molecule has 0 radical (unpaired) electrons. The van der Waals surface area contributed by atoms with Gasteiger partial charge in [0.15, 0.2) is 5.96 Å². The van der Waals surface area contributed by atoms with Gasteiger partial charge in [-0.1, -0.05) is 18.2 Å². The number of rotatable bonds is 7. The average Bonchev–Trinajstić information content (AvgIpc) is 3.31. The topological polar surface area (TPSA) is 71.9 Å². The Kier molecular flexibility index (Phi) is 9.79. The number of benzene rings is 1. The van der Waals surface area contributed by atoms with Gasteiger partial charge in [0.25, 0.3) is 0 Å². The molecular weight excluding hydrogens is 515 g/mol. The van der Waals surface area contributed by atoms with E-state index in [1.54, 1.807) is 0 Å². The van der Waals surface area contributed by atoms with Crippen LogP contribution in [0.3, 0.4) is 0 Å². The molecule has 8 nitrogen and oxygen atoms in total. The smallest absolute Gasteiger partial charge is 0.225 e. The van der Waals surface area contributed by atoms with E-state index >= 15 is 0 Å². The highest BCUT2D eigenvalue weighted by atomic mass is 127. The standard InChI is InChI=1S/C23H34N8.HI/c1-24-22(28-20-9-14-31(19-20)21-7-3-2-4-8-21)25-12-6-13-29-15-17-30(18-16-29)23-26-10-5-11-27-23;/h2-5,7-8,10-11,20H,6,9,12-19H2,1H3,(H2,24,25,28);1H. The number of aliphatic imine (C=N–C) groups is 1. The highest BCUT2D eigenvalue weighted by Gasteiger charge is 2.23. The minimum absolute atomic E-state index is 0. The number of nitrogens with zero attached hydrogens (tertiary/aromatic N) is 6. The van der Waals surface area contributed by atoms with Gasteiger partial charge in [-0.25, -0.2) is 9.97 Å². The third-order valence-electron chi connectivity index (χ3n) is 6.02. The van der Waals surface area contributed by atoms with E-state index < -0.39 is 0 Å². The molecule has 2 aliphatic rings. The summed E-state index contributed by atoms with van der Waals surface area (Å²) in [6.45, 7) is 8.21. The number of aromatic nitrogens is 2. The fourth-order valence-corrected chi connectivity index (χ4v) is 4.27. The van der Waals surface area contributed by atoms with Crippen LogP contribution in [-0.2, 0) is 0 Å². The van der Waals surface area contributed by atoms with Gasteiger partial charge < -0.3 is 20.4 Å². The Balaban J connectivity index is 0.00000289. The molecule has 0 spiro atoms. The van der Waals surface area contributed by atoms with Crippen molar-refractivity contribution in [2.24, 2.45) is 4.99 Å². The van der Waals surface area contributed by atoms with E-state index in [2.05, 4.69) is 70.6 Å². The molecule has 2 saturated heterocycles. The second-order valence-corrected chi connectivity index (χ2v) is 8.14. The van der Waals surface area contributed by atoms with Gasteiger partial charge in [-0.2, -0.15) is 0 Å². The second kappa shape index (κ2) is 12.8. The van der Waals surface area contributed by atoms with Crippen molar-refractivity contribution in [3.8, 4) is 0 Å². The van der Waals surface area contributed by atoms with E-state index in [1.807, 2.05) is 25.5 Å². The molecule has 2 aromatic rings. The molecule has 1 aromatic carbocycles. The number of halogens is 1. The van der Waals surface area contributed by atoms with Gasteiger partial charge >= 0.3 is 0 Å². The molecule has 0 saturated carbocycles. The summed E-state index contributed by atoms with van der Waals surface area (Å²) in [5.74, 6) is 1.75. The largest absolute Gasteiger partial charge is 0.369 e. The van der Waals surface area contributed by atoms with E-state index in [0.29, 0.717) is 6.04 Å². The summed E-state index contributed by atoms with van der Waals surface area (Å²) >= 11 is 0. The zero-order chi connectivity index (χ0) is 21.3. The molecule has 2 N–H and O–H groups in total. The van der Waals surface area contributed by atoms with Crippen LogP contribution in [0.4, 0.5) is 11.6 Å². The molecule has 1 atom stereocenters. The van der Waals surface area contributed by atoms with Crippen molar-refractivity contribution in [3.63, 3.8) is 0 Å². The van der Waals surface area contributed by atoms with Crippen LogP contribution in [0.15, 0.2) is 53.8 Å². The van der Waals surface area contributed by atoms with Crippen molar-refractivity contribution in [3.05, 3.63) is 48.8 Å². The lowest BCUT2D eigenvalue weighted by Crippen LogP contribution is -2.48. The molecule has 32 heavy (non-hydrogen) atoms. The summed E-state index contributed by atoms with van der Waals surface area (Å²) in [6, 6.07) is 12.9.